The average Bonchev–Trinajstić information content (AvgIpc) is 2.67. The van der Waals surface area contributed by atoms with Crippen molar-refractivity contribution in [2.45, 2.75) is 0 Å². The molecule has 2 aromatic carbocycles. The lowest BCUT2D eigenvalue weighted by Gasteiger charge is -2.06. The van der Waals surface area contributed by atoms with Crippen LogP contribution in [-0.2, 0) is 9.59 Å². The lowest BCUT2D eigenvalue weighted by molar-refractivity contribution is -0.136. The molecule has 2 amide bonds. The Hall–Kier alpha value is -3.61. The fourth-order valence-electron chi connectivity index (χ4n) is 1.96. The molecule has 0 atom stereocenters. The normalized spacial score (nSPS) is 10.2. The van der Waals surface area contributed by atoms with Crippen molar-refractivity contribution in [3.05, 3.63) is 66.7 Å². The van der Waals surface area contributed by atoms with Crippen LogP contribution in [-0.4, -0.2) is 31.7 Å². The number of hydrogen-bond acceptors (Lipinski definition) is 5. The highest BCUT2D eigenvalue weighted by Gasteiger charge is 2.12. The van der Waals surface area contributed by atoms with Crippen molar-refractivity contribution in [3.8, 4) is 11.5 Å². The van der Waals surface area contributed by atoms with Crippen molar-refractivity contribution in [2.24, 2.45) is 5.10 Å². The van der Waals surface area contributed by atoms with E-state index < -0.39 is 11.8 Å². The molecule has 0 radical (unpaired) electrons. The topological polar surface area (TPSA) is 89.0 Å². The van der Waals surface area contributed by atoms with E-state index in [0.717, 1.165) is 0 Å². The van der Waals surface area contributed by atoms with Crippen molar-refractivity contribution >= 4 is 23.7 Å². The van der Waals surface area contributed by atoms with Crippen LogP contribution in [0.3, 0.4) is 0 Å². The molecule has 7 nitrogen and oxygen atoms in total. The van der Waals surface area contributed by atoms with Crippen LogP contribution in [0.4, 0.5) is 5.69 Å². The predicted molar refractivity (Wildman–Crippen MR) is 99.5 cm³/mol. The Kier molecular flexibility index (Phi) is 6.93. The third-order valence-corrected chi connectivity index (χ3v) is 3.19. The van der Waals surface area contributed by atoms with E-state index in [4.69, 9.17) is 9.47 Å². The Bertz CT molecular complexity index is 801. The highest BCUT2D eigenvalue weighted by molar-refractivity contribution is 6.39. The van der Waals surface area contributed by atoms with Gasteiger partial charge in [0.1, 0.15) is 18.1 Å². The maximum Gasteiger partial charge on any atom is 0.329 e. The summed E-state index contributed by atoms with van der Waals surface area (Å²) in [6, 6.07) is 13.8. The first-order chi connectivity index (χ1) is 12.6. The Balaban J connectivity index is 1.88. The monoisotopic (exact) mass is 353 g/mol. The summed E-state index contributed by atoms with van der Waals surface area (Å²) in [4.78, 5) is 23.7. The quantitative estimate of drug-likeness (QED) is 0.346. The molecule has 2 aromatic rings. The van der Waals surface area contributed by atoms with E-state index in [-0.39, 0.29) is 0 Å². The van der Waals surface area contributed by atoms with Crippen molar-refractivity contribution in [1.82, 2.24) is 5.43 Å². The van der Waals surface area contributed by atoms with E-state index >= 15 is 0 Å². The van der Waals surface area contributed by atoms with Crippen LogP contribution in [0.25, 0.3) is 0 Å². The number of nitrogens with one attached hydrogen (secondary N) is 2. The number of hydrogen-bond donors (Lipinski definition) is 2. The number of carbonyl (C=O) groups excluding carboxylic acids is 2. The number of carbonyl (C=O) groups is 2. The molecule has 0 saturated carbocycles. The fourth-order valence-corrected chi connectivity index (χ4v) is 1.96. The summed E-state index contributed by atoms with van der Waals surface area (Å²) in [6.07, 6.45) is 3.03. The zero-order valence-corrected chi connectivity index (χ0v) is 14.3. The van der Waals surface area contributed by atoms with Gasteiger partial charge in [-0.15, -0.1) is 0 Å². The van der Waals surface area contributed by atoms with Gasteiger partial charge in [-0.25, -0.2) is 5.43 Å². The number of ether oxygens (including phenoxy) is 2. The molecular formula is C19H19N3O4. The Morgan fingerprint density at radius 3 is 2.54 bits per heavy atom. The molecule has 0 aliphatic rings. The van der Waals surface area contributed by atoms with Crippen LogP contribution >= 0.6 is 0 Å². The highest BCUT2D eigenvalue weighted by Crippen LogP contribution is 2.16. The van der Waals surface area contributed by atoms with Gasteiger partial charge in [-0.3, -0.25) is 9.59 Å². The molecule has 0 fully saturated rings. The summed E-state index contributed by atoms with van der Waals surface area (Å²) in [6.45, 7) is 3.95. The highest BCUT2D eigenvalue weighted by atomic mass is 16.5. The molecule has 0 bridgehead atoms. The minimum Gasteiger partial charge on any atom is -0.496 e. The third-order valence-electron chi connectivity index (χ3n) is 3.19. The van der Waals surface area contributed by atoms with Gasteiger partial charge in [-0.05, 0) is 36.4 Å². The van der Waals surface area contributed by atoms with Crippen LogP contribution in [0.1, 0.15) is 5.56 Å². The van der Waals surface area contributed by atoms with Gasteiger partial charge in [-0.2, -0.15) is 5.10 Å². The van der Waals surface area contributed by atoms with E-state index in [0.29, 0.717) is 29.4 Å². The lowest BCUT2D eigenvalue weighted by atomic mass is 10.2. The minimum atomic E-state index is -0.886. The van der Waals surface area contributed by atoms with Crippen molar-refractivity contribution in [2.75, 3.05) is 19.0 Å². The molecule has 0 aliphatic carbocycles. The number of anilines is 1. The van der Waals surface area contributed by atoms with E-state index in [1.165, 1.54) is 13.3 Å². The number of nitrogens with zero attached hydrogens (tertiary/aromatic N) is 1. The summed E-state index contributed by atoms with van der Waals surface area (Å²) < 4.78 is 10.5. The van der Waals surface area contributed by atoms with Crippen LogP contribution in [0.5, 0.6) is 11.5 Å². The van der Waals surface area contributed by atoms with Crippen LogP contribution in [0.2, 0.25) is 0 Å². The molecule has 0 aromatic heterocycles. The maximum absolute atomic E-state index is 11.9. The zero-order chi connectivity index (χ0) is 18.8. The molecule has 0 spiro atoms. The fraction of sp³-hybridized carbons (Fsp3) is 0.105. The Morgan fingerprint density at radius 2 is 1.85 bits per heavy atom. The molecular weight excluding hydrogens is 334 g/mol. The summed E-state index contributed by atoms with van der Waals surface area (Å²) in [5, 5.41) is 6.24. The minimum absolute atomic E-state index is 0.387. The molecule has 26 heavy (non-hydrogen) atoms. The van der Waals surface area contributed by atoms with E-state index in [1.807, 2.05) is 6.07 Å². The molecule has 0 heterocycles. The SMILES string of the molecule is C=CCOc1ccc(NC(=O)C(=O)N/N=C\c2ccccc2OC)cc1. The first-order valence-electron chi connectivity index (χ1n) is 7.75. The van der Waals surface area contributed by atoms with Crippen molar-refractivity contribution in [3.63, 3.8) is 0 Å². The second-order valence-corrected chi connectivity index (χ2v) is 5.02. The van der Waals surface area contributed by atoms with Crippen molar-refractivity contribution in [1.29, 1.82) is 0 Å². The standard InChI is InChI=1S/C19H19N3O4/c1-3-12-26-16-10-8-15(9-11-16)21-18(23)19(24)22-20-13-14-6-4-5-7-17(14)25-2/h3-11,13H,1,12H2,2H3,(H,21,23)(H,22,24)/b20-13-. The second kappa shape index (κ2) is 9.63. The van der Waals surface area contributed by atoms with Gasteiger partial charge in [-0.1, -0.05) is 24.8 Å². The van der Waals surface area contributed by atoms with E-state index in [9.17, 15) is 9.59 Å². The predicted octanol–water partition coefficient (Wildman–Crippen LogP) is 2.35. The van der Waals surface area contributed by atoms with Gasteiger partial charge in [0.2, 0.25) is 0 Å². The van der Waals surface area contributed by atoms with E-state index in [2.05, 4.69) is 22.4 Å². The Labute approximate surface area is 151 Å². The first-order valence-corrected chi connectivity index (χ1v) is 7.75. The molecule has 0 saturated heterocycles. The summed E-state index contributed by atoms with van der Waals surface area (Å²) in [5.41, 5.74) is 3.30. The number of rotatable bonds is 7. The molecule has 7 heteroatoms. The van der Waals surface area contributed by atoms with E-state index in [1.54, 1.807) is 48.5 Å². The van der Waals surface area contributed by atoms with Gasteiger partial charge < -0.3 is 14.8 Å². The molecule has 0 aliphatic heterocycles. The first kappa shape index (κ1) is 18.7. The smallest absolute Gasteiger partial charge is 0.329 e. The summed E-state index contributed by atoms with van der Waals surface area (Å²) in [7, 11) is 1.53. The molecule has 0 unspecified atom stereocenters. The third kappa shape index (κ3) is 5.48. The largest absolute Gasteiger partial charge is 0.496 e. The van der Waals surface area contributed by atoms with Gasteiger partial charge in [0, 0.05) is 11.3 Å². The van der Waals surface area contributed by atoms with Crippen molar-refractivity contribution < 1.29 is 19.1 Å². The van der Waals surface area contributed by atoms with Gasteiger partial charge in [0.05, 0.1) is 13.3 Å². The number of amides is 2. The van der Waals surface area contributed by atoms with Gasteiger partial charge >= 0.3 is 11.8 Å². The maximum atomic E-state index is 11.9. The van der Waals surface area contributed by atoms with Crippen LogP contribution < -0.4 is 20.2 Å². The number of methoxy groups -OCH3 is 1. The van der Waals surface area contributed by atoms with Crippen LogP contribution in [0, 0.1) is 0 Å². The molecule has 2 N–H and O–H groups in total. The summed E-state index contributed by atoms with van der Waals surface area (Å²) in [5.74, 6) is -0.479. The van der Waals surface area contributed by atoms with Crippen LogP contribution in [0.15, 0.2) is 66.3 Å². The second-order valence-electron chi connectivity index (χ2n) is 5.02. The number of para-hydroxylation sites is 1. The lowest BCUT2D eigenvalue weighted by Crippen LogP contribution is -2.32. The average molecular weight is 353 g/mol. The zero-order valence-electron chi connectivity index (χ0n) is 14.3. The molecule has 2 rings (SSSR count). The number of benzene rings is 2. The Morgan fingerprint density at radius 1 is 1.12 bits per heavy atom. The molecule has 134 valence electrons. The van der Waals surface area contributed by atoms with Gasteiger partial charge in [0.25, 0.3) is 0 Å². The number of hydrazone groups is 1. The summed E-state index contributed by atoms with van der Waals surface area (Å²) >= 11 is 0. The van der Waals surface area contributed by atoms with Gasteiger partial charge in [0.15, 0.2) is 0 Å².